The largest absolute Gasteiger partial charge is 0.152 e. The molecule has 0 bridgehead atoms. The van der Waals surface area contributed by atoms with E-state index in [4.69, 9.17) is 0 Å². The Morgan fingerprint density at radius 1 is 0.583 bits per heavy atom. The molecule has 0 radical (unpaired) electrons. The summed E-state index contributed by atoms with van der Waals surface area (Å²) < 4.78 is 0. The number of hydrogen-bond acceptors (Lipinski definition) is 1. The lowest BCUT2D eigenvalue weighted by atomic mass is 10.0. The molecule has 0 atom stereocenters. The van der Waals surface area contributed by atoms with E-state index in [9.17, 15) is 0 Å². The van der Waals surface area contributed by atoms with Crippen molar-refractivity contribution in [3.8, 4) is 0 Å². The molecule has 0 aliphatic carbocycles. The standard InChI is InChI=1S/C14H14S.C7H8.2CH4/c1-15-14(12-8-4-2-5-9-12)13-10-6-3-7-11-13;1-7-5-3-2-4-6-7;;/h2-11,14H,1H3;2-6H,1H3;2*1H4. The second-order valence-corrected chi connectivity index (χ2v) is 6.03. The molecule has 3 rings (SSSR count). The zero-order valence-electron chi connectivity index (χ0n) is 13.1. The first-order chi connectivity index (χ1) is 10.8. The summed E-state index contributed by atoms with van der Waals surface area (Å²) in [6, 6.07) is 31.5. The lowest BCUT2D eigenvalue weighted by Crippen LogP contribution is -1.94. The summed E-state index contributed by atoms with van der Waals surface area (Å²) in [5.74, 6) is 0. The van der Waals surface area contributed by atoms with Gasteiger partial charge in [-0.2, -0.15) is 11.8 Å². The molecule has 3 aromatic carbocycles. The molecule has 128 valence electrons. The van der Waals surface area contributed by atoms with Gasteiger partial charge in [-0.3, -0.25) is 0 Å². The minimum atomic E-state index is 0. The Labute approximate surface area is 153 Å². The van der Waals surface area contributed by atoms with Gasteiger partial charge in [0.15, 0.2) is 0 Å². The van der Waals surface area contributed by atoms with Gasteiger partial charge in [-0.25, -0.2) is 0 Å². The highest BCUT2D eigenvalue weighted by molar-refractivity contribution is 7.99. The second-order valence-electron chi connectivity index (χ2n) is 5.09. The van der Waals surface area contributed by atoms with Crippen molar-refractivity contribution < 1.29 is 0 Å². The summed E-state index contributed by atoms with van der Waals surface area (Å²) in [4.78, 5) is 0. The van der Waals surface area contributed by atoms with Crippen molar-refractivity contribution in [2.24, 2.45) is 0 Å². The van der Waals surface area contributed by atoms with Crippen molar-refractivity contribution in [3.63, 3.8) is 0 Å². The van der Waals surface area contributed by atoms with Crippen LogP contribution in [0.3, 0.4) is 0 Å². The Bertz CT molecular complexity index is 593. The first-order valence-corrected chi connectivity index (χ1v) is 8.74. The normalized spacial score (nSPS) is 9.12. The molecule has 0 heterocycles. The van der Waals surface area contributed by atoms with Crippen molar-refractivity contribution in [2.45, 2.75) is 27.0 Å². The van der Waals surface area contributed by atoms with Crippen LogP contribution in [0.25, 0.3) is 0 Å². The summed E-state index contributed by atoms with van der Waals surface area (Å²) in [6.45, 7) is 2.08. The number of rotatable bonds is 3. The van der Waals surface area contributed by atoms with Gasteiger partial charge in [0.1, 0.15) is 0 Å². The Hall–Kier alpha value is -1.99. The Morgan fingerprint density at radius 3 is 1.17 bits per heavy atom. The fourth-order valence-electron chi connectivity index (χ4n) is 2.25. The topological polar surface area (TPSA) is 0 Å². The fourth-order valence-corrected chi connectivity index (χ4v) is 3.11. The average Bonchev–Trinajstić information content (AvgIpc) is 2.59. The van der Waals surface area contributed by atoms with E-state index < -0.39 is 0 Å². The van der Waals surface area contributed by atoms with Gasteiger partial charge in [-0.1, -0.05) is 111 Å². The molecule has 0 aliphatic heterocycles. The molecule has 0 saturated carbocycles. The molecular formula is C23H30S. The van der Waals surface area contributed by atoms with Gasteiger partial charge in [-0.15, -0.1) is 0 Å². The smallest absolute Gasteiger partial charge is 0.0543 e. The number of hydrogen-bond donors (Lipinski definition) is 0. The minimum Gasteiger partial charge on any atom is -0.152 e. The summed E-state index contributed by atoms with van der Waals surface area (Å²) in [5, 5.41) is 0.451. The van der Waals surface area contributed by atoms with E-state index in [0.29, 0.717) is 5.25 Å². The molecular weight excluding hydrogens is 308 g/mol. The van der Waals surface area contributed by atoms with Crippen molar-refractivity contribution in [3.05, 3.63) is 108 Å². The molecule has 0 fully saturated rings. The average molecular weight is 339 g/mol. The first-order valence-electron chi connectivity index (χ1n) is 7.45. The zero-order valence-corrected chi connectivity index (χ0v) is 14.0. The van der Waals surface area contributed by atoms with Crippen LogP contribution < -0.4 is 0 Å². The zero-order chi connectivity index (χ0) is 15.6. The van der Waals surface area contributed by atoms with Gasteiger partial charge in [0.2, 0.25) is 0 Å². The van der Waals surface area contributed by atoms with E-state index in [1.807, 2.05) is 30.0 Å². The highest BCUT2D eigenvalue weighted by Gasteiger charge is 2.10. The molecule has 0 saturated heterocycles. The molecule has 0 N–H and O–H groups in total. The van der Waals surface area contributed by atoms with Gasteiger partial charge in [0, 0.05) is 0 Å². The molecule has 1 heteroatoms. The highest BCUT2D eigenvalue weighted by atomic mass is 32.2. The maximum absolute atomic E-state index is 2.19. The summed E-state index contributed by atoms with van der Waals surface area (Å²) in [6.07, 6.45) is 2.16. The van der Waals surface area contributed by atoms with Crippen LogP contribution in [-0.2, 0) is 0 Å². The van der Waals surface area contributed by atoms with E-state index in [0.717, 1.165) is 0 Å². The van der Waals surface area contributed by atoms with Crippen LogP contribution in [0.15, 0.2) is 91.0 Å². The lowest BCUT2D eigenvalue weighted by Gasteiger charge is -2.14. The molecule has 0 nitrogen and oxygen atoms in total. The van der Waals surface area contributed by atoms with E-state index in [1.54, 1.807) is 0 Å². The maximum atomic E-state index is 2.19. The van der Waals surface area contributed by atoms with Crippen LogP contribution in [0.1, 0.15) is 36.8 Å². The van der Waals surface area contributed by atoms with Crippen molar-refractivity contribution in [1.29, 1.82) is 0 Å². The maximum Gasteiger partial charge on any atom is 0.0543 e. The molecule has 0 aromatic heterocycles. The highest BCUT2D eigenvalue weighted by Crippen LogP contribution is 2.33. The van der Waals surface area contributed by atoms with Crippen LogP contribution in [0, 0.1) is 6.92 Å². The van der Waals surface area contributed by atoms with Crippen LogP contribution in [0.4, 0.5) is 0 Å². The molecule has 0 unspecified atom stereocenters. The van der Waals surface area contributed by atoms with Crippen LogP contribution in [0.2, 0.25) is 0 Å². The Balaban J connectivity index is 0.000000504. The van der Waals surface area contributed by atoms with Crippen molar-refractivity contribution >= 4 is 11.8 Å². The van der Waals surface area contributed by atoms with Crippen LogP contribution in [0.5, 0.6) is 0 Å². The fraction of sp³-hybridized carbons (Fsp3) is 0.217. The molecule has 0 aliphatic rings. The third-order valence-electron chi connectivity index (χ3n) is 3.38. The number of thioether (sulfide) groups is 1. The monoisotopic (exact) mass is 338 g/mol. The predicted octanol–water partition coefficient (Wildman–Crippen LogP) is 7.41. The van der Waals surface area contributed by atoms with E-state index in [2.05, 4.69) is 86.0 Å². The number of benzene rings is 3. The van der Waals surface area contributed by atoms with Crippen LogP contribution >= 0.6 is 11.8 Å². The summed E-state index contributed by atoms with van der Waals surface area (Å²) in [5.41, 5.74) is 4.06. The van der Waals surface area contributed by atoms with E-state index in [-0.39, 0.29) is 14.9 Å². The quantitative estimate of drug-likeness (QED) is 0.479. The van der Waals surface area contributed by atoms with Gasteiger partial charge < -0.3 is 0 Å². The third-order valence-corrected chi connectivity index (χ3v) is 4.40. The summed E-state index contributed by atoms with van der Waals surface area (Å²) in [7, 11) is 0. The van der Waals surface area contributed by atoms with Gasteiger partial charge in [0.25, 0.3) is 0 Å². The summed E-state index contributed by atoms with van der Waals surface area (Å²) >= 11 is 1.88. The van der Waals surface area contributed by atoms with Crippen molar-refractivity contribution in [2.75, 3.05) is 6.26 Å². The molecule has 3 aromatic rings. The molecule has 24 heavy (non-hydrogen) atoms. The molecule has 0 spiro atoms. The van der Waals surface area contributed by atoms with Gasteiger partial charge in [0.05, 0.1) is 5.25 Å². The van der Waals surface area contributed by atoms with E-state index in [1.165, 1.54) is 16.7 Å². The van der Waals surface area contributed by atoms with Gasteiger partial charge >= 0.3 is 0 Å². The first kappa shape index (κ1) is 22.0. The second kappa shape index (κ2) is 12.4. The van der Waals surface area contributed by atoms with Crippen LogP contribution in [-0.4, -0.2) is 6.26 Å². The third kappa shape index (κ3) is 7.06. The number of aryl methyl sites for hydroxylation is 1. The lowest BCUT2D eigenvalue weighted by molar-refractivity contribution is 1.16. The minimum absolute atomic E-state index is 0. The van der Waals surface area contributed by atoms with E-state index >= 15 is 0 Å². The predicted molar refractivity (Wildman–Crippen MR) is 113 cm³/mol. The Morgan fingerprint density at radius 2 is 0.917 bits per heavy atom. The SMILES string of the molecule is C.C.CSC(c1ccccc1)c1ccccc1.Cc1ccccc1. The molecule has 0 amide bonds. The Kier molecular flexibility index (Phi) is 11.4. The van der Waals surface area contributed by atoms with Gasteiger partial charge in [-0.05, 0) is 24.3 Å². The van der Waals surface area contributed by atoms with Crippen molar-refractivity contribution in [1.82, 2.24) is 0 Å².